The topological polar surface area (TPSA) is 55.1 Å². The molecule has 1 aromatic rings. The van der Waals surface area contributed by atoms with Crippen LogP contribution in [-0.4, -0.2) is 11.4 Å². The van der Waals surface area contributed by atoms with Crippen molar-refractivity contribution in [2.45, 2.75) is 24.8 Å². The van der Waals surface area contributed by atoms with Crippen LogP contribution in [0.2, 0.25) is 0 Å². The third-order valence-electron chi connectivity index (χ3n) is 2.94. The van der Waals surface area contributed by atoms with E-state index in [-0.39, 0.29) is 5.91 Å². The number of rotatable bonds is 2. The third-order valence-corrected chi connectivity index (χ3v) is 4.65. The summed E-state index contributed by atoms with van der Waals surface area (Å²) in [6.07, 6.45) is 2.53. The number of anilines is 1. The highest BCUT2D eigenvalue weighted by molar-refractivity contribution is 9.11. The molecule has 0 atom stereocenters. The molecule has 1 fully saturated rings. The van der Waals surface area contributed by atoms with Crippen molar-refractivity contribution in [1.29, 1.82) is 0 Å². The van der Waals surface area contributed by atoms with Crippen molar-refractivity contribution in [3.05, 3.63) is 25.6 Å². The van der Waals surface area contributed by atoms with E-state index in [2.05, 4.69) is 53.1 Å². The van der Waals surface area contributed by atoms with Gasteiger partial charge in [0.25, 0.3) is 0 Å². The van der Waals surface area contributed by atoms with Gasteiger partial charge in [-0.25, -0.2) is 0 Å². The molecule has 0 unspecified atom stereocenters. The van der Waals surface area contributed by atoms with Gasteiger partial charge >= 0.3 is 0 Å². The molecule has 0 heterocycles. The molecule has 1 amide bonds. The highest BCUT2D eigenvalue weighted by Crippen LogP contribution is 2.36. The Morgan fingerprint density at radius 3 is 2.18 bits per heavy atom. The predicted octanol–water partition coefficient (Wildman–Crippen LogP) is 3.79. The first-order valence-electron chi connectivity index (χ1n) is 5.17. The Hall–Kier alpha value is 0.0900. The Balaban J connectivity index is 2.21. The fourth-order valence-electron chi connectivity index (χ4n) is 1.68. The molecule has 6 heteroatoms. The molecule has 0 bridgehead atoms. The largest absolute Gasteiger partial charge is 0.323 e. The molecule has 1 aliphatic carbocycles. The Kier molecular flexibility index (Phi) is 3.97. The fourth-order valence-corrected chi connectivity index (χ4v) is 4.14. The number of benzene rings is 1. The number of hydrogen-bond acceptors (Lipinski definition) is 2. The summed E-state index contributed by atoms with van der Waals surface area (Å²) in [5, 5.41) is 2.87. The number of nitrogens with one attached hydrogen (secondary N) is 1. The van der Waals surface area contributed by atoms with Crippen molar-refractivity contribution in [3.63, 3.8) is 0 Å². The molecular formula is C11H11Br3N2O. The lowest BCUT2D eigenvalue weighted by atomic mass is 9.77. The number of amides is 1. The second-order valence-electron chi connectivity index (χ2n) is 4.21. The summed E-state index contributed by atoms with van der Waals surface area (Å²) in [7, 11) is 0. The Morgan fingerprint density at radius 1 is 1.24 bits per heavy atom. The number of carbonyl (C=O) groups is 1. The van der Waals surface area contributed by atoms with Crippen molar-refractivity contribution in [1.82, 2.24) is 0 Å². The van der Waals surface area contributed by atoms with E-state index in [9.17, 15) is 4.79 Å². The van der Waals surface area contributed by atoms with Gasteiger partial charge in [-0.15, -0.1) is 0 Å². The normalized spacial score (nSPS) is 17.4. The second kappa shape index (κ2) is 4.99. The minimum Gasteiger partial charge on any atom is -0.323 e. The van der Waals surface area contributed by atoms with Crippen LogP contribution in [0.25, 0.3) is 0 Å². The van der Waals surface area contributed by atoms with Crippen LogP contribution in [0.1, 0.15) is 19.3 Å². The molecule has 0 aliphatic heterocycles. The minimum absolute atomic E-state index is 0.118. The molecule has 3 N–H and O–H groups in total. The summed E-state index contributed by atoms with van der Waals surface area (Å²) in [6, 6.07) is 3.76. The van der Waals surface area contributed by atoms with Gasteiger partial charge in [0, 0.05) is 13.4 Å². The first-order valence-corrected chi connectivity index (χ1v) is 7.55. The molecule has 0 spiro atoms. The van der Waals surface area contributed by atoms with Gasteiger partial charge in [-0.3, -0.25) is 4.79 Å². The zero-order valence-electron chi connectivity index (χ0n) is 8.90. The van der Waals surface area contributed by atoms with Gasteiger partial charge in [0.2, 0.25) is 5.91 Å². The summed E-state index contributed by atoms with van der Waals surface area (Å²) >= 11 is 10.2. The first-order chi connectivity index (χ1) is 7.92. The number of nitrogens with two attached hydrogens (primary N) is 1. The number of halogens is 3. The van der Waals surface area contributed by atoms with Crippen LogP contribution in [0.5, 0.6) is 0 Å². The van der Waals surface area contributed by atoms with Crippen molar-refractivity contribution >= 4 is 59.4 Å². The van der Waals surface area contributed by atoms with E-state index in [0.717, 1.165) is 38.4 Å². The standard InChI is InChI=1S/C11H11Br3N2O/c12-6-4-7(13)9(8(14)5-6)16-10(17)11(15)2-1-3-11/h4-5H,1-3,15H2,(H,16,17). The first kappa shape index (κ1) is 13.5. The Bertz CT molecular complexity index is 449. The van der Waals surface area contributed by atoms with Gasteiger partial charge in [0.05, 0.1) is 11.2 Å². The smallest absolute Gasteiger partial charge is 0.244 e. The van der Waals surface area contributed by atoms with Gasteiger partial charge in [-0.1, -0.05) is 15.9 Å². The molecular weight excluding hydrogens is 416 g/mol. The van der Waals surface area contributed by atoms with E-state index in [0.29, 0.717) is 0 Å². The Labute approximate surface area is 125 Å². The maximum absolute atomic E-state index is 12.0. The number of hydrogen-bond donors (Lipinski definition) is 2. The zero-order valence-corrected chi connectivity index (χ0v) is 13.7. The van der Waals surface area contributed by atoms with Gasteiger partial charge in [-0.2, -0.15) is 0 Å². The quantitative estimate of drug-likeness (QED) is 0.755. The summed E-state index contributed by atoms with van der Waals surface area (Å²) in [5.41, 5.74) is 6.00. The van der Waals surface area contributed by atoms with E-state index >= 15 is 0 Å². The maximum Gasteiger partial charge on any atom is 0.244 e. The van der Waals surface area contributed by atoms with E-state index in [1.54, 1.807) is 0 Å². The second-order valence-corrected chi connectivity index (χ2v) is 6.83. The lowest BCUT2D eigenvalue weighted by Gasteiger charge is -2.36. The predicted molar refractivity (Wildman–Crippen MR) is 78.9 cm³/mol. The fraction of sp³-hybridized carbons (Fsp3) is 0.364. The summed E-state index contributed by atoms with van der Waals surface area (Å²) in [5.74, 6) is -0.118. The third kappa shape index (κ3) is 2.75. The average Bonchev–Trinajstić information content (AvgIpc) is 2.19. The lowest BCUT2D eigenvalue weighted by Crippen LogP contribution is -2.56. The van der Waals surface area contributed by atoms with Crippen molar-refractivity contribution in [2.75, 3.05) is 5.32 Å². The highest BCUT2D eigenvalue weighted by Gasteiger charge is 2.40. The minimum atomic E-state index is -0.689. The molecule has 1 saturated carbocycles. The molecule has 3 nitrogen and oxygen atoms in total. The van der Waals surface area contributed by atoms with Crippen LogP contribution in [0.4, 0.5) is 5.69 Å². The SMILES string of the molecule is NC1(C(=O)Nc2c(Br)cc(Br)cc2Br)CCC1. The van der Waals surface area contributed by atoms with Crippen LogP contribution >= 0.6 is 47.8 Å². The van der Waals surface area contributed by atoms with E-state index in [4.69, 9.17) is 5.73 Å². The van der Waals surface area contributed by atoms with Crippen molar-refractivity contribution < 1.29 is 4.79 Å². The number of carbonyl (C=O) groups excluding carboxylic acids is 1. The molecule has 0 saturated heterocycles. The van der Waals surface area contributed by atoms with Crippen molar-refractivity contribution in [3.8, 4) is 0 Å². The highest BCUT2D eigenvalue weighted by atomic mass is 79.9. The molecule has 1 aromatic carbocycles. The summed E-state index contributed by atoms with van der Waals surface area (Å²) in [4.78, 5) is 12.0. The summed E-state index contributed by atoms with van der Waals surface area (Å²) in [6.45, 7) is 0. The van der Waals surface area contributed by atoms with Crippen molar-refractivity contribution in [2.24, 2.45) is 5.73 Å². The van der Waals surface area contributed by atoms with Crippen LogP contribution in [0.15, 0.2) is 25.6 Å². The van der Waals surface area contributed by atoms with Gasteiger partial charge in [0.15, 0.2) is 0 Å². The molecule has 1 aliphatic rings. The van der Waals surface area contributed by atoms with Crippen LogP contribution < -0.4 is 11.1 Å². The van der Waals surface area contributed by atoms with Gasteiger partial charge < -0.3 is 11.1 Å². The van der Waals surface area contributed by atoms with Crippen LogP contribution in [-0.2, 0) is 4.79 Å². The lowest BCUT2D eigenvalue weighted by molar-refractivity contribution is -0.123. The molecule has 17 heavy (non-hydrogen) atoms. The molecule has 0 radical (unpaired) electrons. The summed E-state index contributed by atoms with van der Waals surface area (Å²) < 4.78 is 2.56. The monoisotopic (exact) mass is 424 g/mol. The average molecular weight is 427 g/mol. The van der Waals surface area contributed by atoms with Gasteiger partial charge in [-0.05, 0) is 63.3 Å². The van der Waals surface area contributed by atoms with E-state index < -0.39 is 5.54 Å². The zero-order chi connectivity index (χ0) is 12.6. The van der Waals surface area contributed by atoms with Gasteiger partial charge in [0.1, 0.15) is 0 Å². The molecule has 92 valence electrons. The molecule has 2 rings (SSSR count). The van der Waals surface area contributed by atoms with E-state index in [1.165, 1.54) is 0 Å². The van der Waals surface area contributed by atoms with Crippen LogP contribution in [0, 0.1) is 0 Å². The Morgan fingerprint density at radius 2 is 1.76 bits per heavy atom. The maximum atomic E-state index is 12.0. The van der Waals surface area contributed by atoms with Crippen LogP contribution in [0.3, 0.4) is 0 Å². The van der Waals surface area contributed by atoms with E-state index in [1.807, 2.05) is 12.1 Å². The molecule has 0 aromatic heterocycles.